The maximum Gasteiger partial charge on any atom is 0.183 e. The van der Waals surface area contributed by atoms with Crippen molar-refractivity contribution in [3.05, 3.63) is 35.5 Å². The summed E-state index contributed by atoms with van der Waals surface area (Å²) in [6, 6.07) is 1.97. The summed E-state index contributed by atoms with van der Waals surface area (Å²) in [6.45, 7) is 4.04. The smallest absolute Gasteiger partial charge is 0.183 e. The Morgan fingerprint density at radius 1 is 1.41 bits per heavy atom. The van der Waals surface area contributed by atoms with Crippen LogP contribution in [0.2, 0.25) is 5.02 Å². The van der Waals surface area contributed by atoms with Gasteiger partial charge in [-0.25, -0.2) is 23.6 Å². The fraction of sp³-hybridized carbons (Fsp3) is 0.389. The molecule has 142 valence electrons. The molecule has 4 rings (SSSR count). The predicted molar refractivity (Wildman–Crippen MR) is 108 cm³/mol. The van der Waals surface area contributed by atoms with Gasteiger partial charge in [0.25, 0.3) is 0 Å². The largest absolute Gasteiger partial charge is 0.363 e. The molecule has 27 heavy (non-hydrogen) atoms. The quantitative estimate of drug-likeness (QED) is 0.593. The number of fused-ring (bicyclic) bond motifs is 1. The molecule has 0 bridgehead atoms. The number of aromatic nitrogens is 4. The number of halogens is 2. The summed E-state index contributed by atoms with van der Waals surface area (Å²) in [5, 5.41) is 4.58. The van der Waals surface area contributed by atoms with Gasteiger partial charge >= 0.3 is 0 Å². The lowest BCUT2D eigenvalue weighted by Crippen LogP contribution is -2.24. The molecular formula is C18H20ClFN6S. The molecule has 4 heterocycles. The Morgan fingerprint density at radius 3 is 3.15 bits per heavy atom. The van der Waals surface area contributed by atoms with E-state index in [1.54, 1.807) is 18.5 Å². The van der Waals surface area contributed by atoms with Crippen LogP contribution >= 0.6 is 23.5 Å². The summed E-state index contributed by atoms with van der Waals surface area (Å²) < 4.78 is 16.6. The third-order valence-electron chi connectivity index (χ3n) is 4.45. The molecule has 1 saturated heterocycles. The molecule has 6 nitrogen and oxygen atoms in total. The second-order valence-electron chi connectivity index (χ2n) is 6.49. The summed E-state index contributed by atoms with van der Waals surface area (Å²) in [6.07, 6.45) is 6.66. The third kappa shape index (κ3) is 4.02. The van der Waals surface area contributed by atoms with Crippen molar-refractivity contribution in [1.82, 2.24) is 24.2 Å². The van der Waals surface area contributed by atoms with Gasteiger partial charge in [-0.2, -0.15) is 0 Å². The SMILES string of the molecule is CCCSN1CCC(Nc2nc(-c3c[nH]c4ncc(Cl)cc34)ncc2F)C1. The fourth-order valence-electron chi connectivity index (χ4n) is 3.14. The van der Waals surface area contributed by atoms with Crippen molar-refractivity contribution in [3.63, 3.8) is 0 Å². The van der Waals surface area contributed by atoms with Gasteiger partial charge in [-0.15, -0.1) is 0 Å². The van der Waals surface area contributed by atoms with Crippen LogP contribution in [-0.4, -0.2) is 49.1 Å². The number of rotatable bonds is 6. The highest BCUT2D eigenvalue weighted by Crippen LogP contribution is 2.29. The lowest BCUT2D eigenvalue weighted by molar-refractivity contribution is 0.575. The molecule has 1 unspecified atom stereocenters. The van der Waals surface area contributed by atoms with E-state index in [1.165, 1.54) is 6.20 Å². The van der Waals surface area contributed by atoms with Gasteiger partial charge in [0.05, 0.1) is 11.2 Å². The Labute approximate surface area is 166 Å². The Bertz CT molecular complexity index is 949. The van der Waals surface area contributed by atoms with E-state index >= 15 is 0 Å². The van der Waals surface area contributed by atoms with Crippen molar-refractivity contribution < 1.29 is 4.39 Å². The first-order valence-corrected chi connectivity index (χ1v) is 10.3. The van der Waals surface area contributed by atoms with Crippen LogP contribution in [0.1, 0.15) is 19.8 Å². The minimum atomic E-state index is -0.450. The number of hydrogen-bond acceptors (Lipinski definition) is 6. The number of pyridine rings is 1. The lowest BCUT2D eigenvalue weighted by Gasteiger charge is -2.16. The summed E-state index contributed by atoms with van der Waals surface area (Å²) >= 11 is 7.91. The Kier molecular flexibility index (Phi) is 5.47. The van der Waals surface area contributed by atoms with Crippen molar-refractivity contribution in [2.75, 3.05) is 24.2 Å². The number of H-pyrrole nitrogens is 1. The molecule has 0 amide bonds. The summed E-state index contributed by atoms with van der Waals surface area (Å²) in [4.78, 5) is 15.9. The van der Waals surface area contributed by atoms with Crippen molar-refractivity contribution in [2.24, 2.45) is 0 Å². The van der Waals surface area contributed by atoms with E-state index in [0.717, 1.165) is 42.6 Å². The molecule has 0 aromatic carbocycles. The van der Waals surface area contributed by atoms with Crippen LogP contribution in [0.3, 0.4) is 0 Å². The fourth-order valence-corrected chi connectivity index (χ4v) is 4.26. The van der Waals surface area contributed by atoms with Gasteiger partial charge in [0.15, 0.2) is 17.5 Å². The number of anilines is 1. The standard InChI is InChI=1S/C18H20ClFN6S/c1-2-5-27-26-4-3-12(10-26)24-18-15(20)9-23-17(25-18)14-8-22-16-13(14)6-11(19)7-21-16/h6-9,12H,2-5,10H2,1H3,(H,21,22)(H,23,24,25). The first-order valence-electron chi connectivity index (χ1n) is 8.94. The van der Waals surface area contributed by atoms with Crippen LogP contribution in [0.4, 0.5) is 10.2 Å². The predicted octanol–water partition coefficient (Wildman–Crippen LogP) is 4.36. The van der Waals surface area contributed by atoms with Crippen molar-refractivity contribution in [1.29, 1.82) is 0 Å². The normalized spacial score (nSPS) is 17.7. The van der Waals surface area contributed by atoms with Gasteiger partial charge in [0.1, 0.15) is 5.65 Å². The first kappa shape index (κ1) is 18.5. The number of nitrogens with one attached hydrogen (secondary N) is 2. The minimum Gasteiger partial charge on any atom is -0.363 e. The van der Waals surface area contributed by atoms with Gasteiger partial charge in [-0.1, -0.05) is 30.5 Å². The topological polar surface area (TPSA) is 69.7 Å². The Hall–Kier alpha value is -1.90. The average molecular weight is 407 g/mol. The molecular weight excluding hydrogens is 387 g/mol. The van der Waals surface area contributed by atoms with E-state index in [2.05, 4.69) is 36.5 Å². The first-order chi connectivity index (χ1) is 13.1. The van der Waals surface area contributed by atoms with Crippen LogP contribution in [0.25, 0.3) is 22.4 Å². The molecule has 0 spiro atoms. The van der Waals surface area contributed by atoms with Gasteiger partial charge in [-0.3, -0.25) is 0 Å². The molecule has 1 fully saturated rings. The van der Waals surface area contributed by atoms with Crippen molar-refractivity contribution in [3.8, 4) is 11.4 Å². The van der Waals surface area contributed by atoms with E-state index in [0.29, 0.717) is 16.5 Å². The summed E-state index contributed by atoms with van der Waals surface area (Å²) in [5.74, 6) is 1.33. The van der Waals surface area contributed by atoms with Gasteiger partial charge in [-0.05, 0) is 18.9 Å². The molecule has 1 atom stereocenters. The maximum absolute atomic E-state index is 14.3. The molecule has 9 heteroatoms. The molecule has 3 aromatic rings. The van der Waals surface area contributed by atoms with Gasteiger partial charge in [0, 0.05) is 48.2 Å². The van der Waals surface area contributed by atoms with Gasteiger partial charge < -0.3 is 10.3 Å². The summed E-state index contributed by atoms with van der Waals surface area (Å²) in [7, 11) is 0. The number of nitrogens with zero attached hydrogens (tertiary/aromatic N) is 4. The summed E-state index contributed by atoms with van der Waals surface area (Å²) in [5.41, 5.74) is 1.44. The minimum absolute atomic E-state index is 0.172. The molecule has 0 saturated carbocycles. The molecule has 1 aliphatic heterocycles. The highest BCUT2D eigenvalue weighted by Gasteiger charge is 2.24. The zero-order chi connectivity index (χ0) is 18.8. The monoisotopic (exact) mass is 406 g/mol. The van der Waals surface area contributed by atoms with E-state index < -0.39 is 5.82 Å². The highest BCUT2D eigenvalue weighted by molar-refractivity contribution is 7.97. The van der Waals surface area contributed by atoms with Crippen LogP contribution in [0.5, 0.6) is 0 Å². The average Bonchev–Trinajstić information content (AvgIpc) is 3.28. The van der Waals surface area contributed by atoms with E-state index in [-0.39, 0.29) is 11.9 Å². The number of aromatic amines is 1. The molecule has 3 aromatic heterocycles. The van der Waals surface area contributed by atoms with Crippen LogP contribution in [0, 0.1) is 5.82 Å². The second kappa shape index (κ2) is 8.00. The third-order valence-corrected chi connectivity index (χ3v) is 5.95. The Balaban J connectivity index is 1.56. The molecule has 0 radical (unpaired) electrons. The zero-order valence-electron chi connectivity index (χ0n) is 14.9. The van der Waals surface area contributed by atoms with Crippen molar-refractivity contribution in [2.45, 2.75) is 25.8 Å². The zero-order valence-corrected chi connectivity index (χ0v) is 16.4. The van der Waals surface area contributed by atoms with Gasteiger partial charge in [0.2, 0.25) is 0 Å². The second-order valence-corrected chi connectivity index (χ2v) is 8.11. The van der Waals surface area contributed by atoms with Crippen LogP contribution in [-0.2, 0) is 0 Å². The molecule has 1 aliphatic rings. The van der Waals surface area contributed by atoms with Crippen molar-refractivity contribution >= 4 is 40.4 Å². The van der Waals surface area contributed by atoms with E-state index in [4.69, 9.17) is 11.6 Å². The lowest BCUT2D eigenvalue weighted by atomic mass is 10.2. The maximum atomic E-state index is 14.3. The molecule has 2 N–H and O–H groups in total. The highest BCUT2D eigenvalue weighted by atomic mass is 35.5. The molecule has 0 aliphatic carbocycles. The van der Waals surface area contributed by atoms with E-state index in [1.807, 2.05) is 11.9 Å². The van der Waals surface area contributed by atoms with E-state index in [9.17, 15) is 4.39 Å². The number of hydrogen-bond donors (Lipinski definition) is 2. The van der Waals surface area contributed by atoms with Crippen LogP contribution in [0.15, 0.2) is 24.7 Å². The van der Waals surface area contributed by atoms with Crippen LogP contribution < -0.4 is 5.32 Å². The Morgan fingerprint density at radius 2 is 2.30 bits per heavy atom.